The maximum Gasteiger partial charge on any atom is 0.0364 e. The van der Waals surface area contributed by atoms with Gasteiger partial charge in [0, 0.05) is 6.54 Å². The molecule has 82 valence electrons. The minimum absolute atomic E-state index is 0.714. The average Bonchev–Trinajstić information content (AvgIpc) is 2.38. The second-order valence-electron chi connectivity index (χ2n) is 3.56. The highest BCUT2D eigenvalue weighted by molar-refractivity contribution is 5.63. The summed E-state index contributed by atoms with van der Waals surface area (Å²) in [6, 6.07) is 18.7. The molecule has 0 radical (unpaired) electrons. The van der Waals surface area contributed by atoms with Crippen molar-refractivity contribution < 1.29 is 0 Å². The van der Waals surface area contributed by atoms with Gasteiger partial charge < -0.3 is 0 Å². The highest BCUT2D eigenvalue weighted by Crippen LogP contribution is 2.18. The molecule has 0 aromatic heterocycles. The molecular weight excluding hydrogens is 198 g/mol. The molecule has 0 saturated heterocycles. The average molecular weight is 213 g/mol. The van der Waals surface area contributed by atoms with Crippen LogP contribution < -0.4 is 16.8 Å². The fourth-order valence-electron chi connectivity index (χ4n) is 1.60. The molecule has 16 heavy (non-hydrogen) atoms. The zero-order chi connectivity index (χ0) is 11.2. The molecule has 0 aliphatic rings. The molecule has 0 aliphatic carbocycles. The van der Waals surface area contributed by atoms with Gasteiger partial charge in [-0.2, -0.15) is 5.53 Å². The van der Waals surface area contributed by atoms with Crippen molar-refractivity contribution in [3.63, 3.8) is 0 Å². The number of rotatable bonds is 4. The Kier molecular flexibility index (Phi) is 3.66. The summed E-state index contributed by atoms with van der Waals surface area (Å²) in [5.74, 6) is 5.14. The van der Waals surface area contributed by atoms with Crippen LogP contribution in [-0.4, -0.2) is 0 Å². The number of nitrogens with two attached hydrogens (primary N) is 1. The molecule has 4 N–H and O–H groups in total. The highest BCUT2D eigenvalue weighted by atomic mass is 15.5. The van der Waals surface area contributed by atoms with Gasteiger partial charge in [-0.3, -0.25) is 5.84 Å². The molecule has 0 amide bonds. The Labute approximate surface area is 95.2 Å². The van der Waals surface area contributed by atoms with E-state index in [0.717, 1.165) is 0 Å². The lowest BCUT2D eigenvalue weighted by Crippen LogP contribution is -2.36. The van der Waals surface area contributed by atoms with Gasteiger partial charge in [0.15, 0.2) is 0 Å². The Morgan fingerprint density at radius 3 is 2.06 bits per heavy atom. The second-order valence-corrected chi connectivity index (χ2v) is 3.56. The SMILES string of the molecule is NNNCc1ccc(-c2ccccc2)cc1. The van der Waals surface area contributed by atoms with Crippen molar-refractivity contribution in [3.8, 4) is 11.1 Å². The first-order chi connectivity index (χ1) is 7.90. The molecule has 0 fully saturated rings. The van der Waals surface area contributed by atoms with E-state index in [1.807, 2.05) is 18.2 Å². The predicted octanol–water partition coefficient (Wildman–Crippen LogP) is 1.82. The van der Waals surface area contributed by atoms with Crippen LogP contribution >= 0.6 is 0 Å². The van der Waals surface area contributed by atoms with Crippen LogP contribution in [0.3, 0.4) is 0 Å². The summed E-state index contributed by atoms with van der Waals surface area (Å²) < 4.78 is 0. The zero-order valence-corrected chi connectivity index (χ0v) is 8.98. The van der Waals surface area contributed by atoms with E-state index in [1.54, 1.807) is 0 Å². The number of hydrogen-bond acceptors (Lipinski definition) is 3. The van der Waals surface area contributed by atoms with Gasteiger partial charge in [0.1, 0.15) is 0 Å². The molecule has 0 heterocycles. The highest BCUT2D eigenvalue weighted by Gasteiger charge is 1.96. The van der Waals surface area contributed by atoms with Crippen molar-refractivity contribution in [1.29, 1.82) is 0 Å². The summed E-state index contributed by atoms with van der Waals surface area (Å²) in [6.07, 6.45) is 0. The Morgan fingerprint density at radius 2 is 1.44 bits per heavy atom. The van der Waals surface area contributed by atoms with Crippen molar-refractivity contribution in [2.45, 2.75) is 6.54 Å². The standard InChI is InChI=1S/C13H15N3/c14-16-15-10-11-6-8-13(9-7-11)12-4-2-1-3-5-12/h1-9,15-16H,10,14H2. The first kappa shape index (κ1) is 10.8. The lowest BCUT2D eigenvalue weighted by Gasteiger charge is -2.05. The molecule has 3 heteroatoms. The Morgan fingerprint density at radius 1 is 0.812 bits per heavy atom. The molecule has 2 aromatic carbocycles. The Bertz CT molecular complexity index is 423. The van der Waals surface area contributed by atoms with E-state index in [2.05, 4.69) is 47.4 Å². The first-order valence-electron chi connectivity index (χ1n) is 5.23. The van der Waals surface area contributed by atoms with E-state index in [4.69, 9.17) is 5.84 Å². The summed E-state index contributed by atoms with van der Waals surface area (Å²) in [6.45, 7) is 0.714. The quantitative estimate of drug-likeness (QED) is 0.536. The van der Waals surface area contributed by atoms with Gasteiger partial charge in [-0.25, -0.2) is 5.43 Å². The summed E-state index contributed by atoms with van der Waals surface area (Å²) in [5.41, 5.74) is 8.92. The normalized spacial score (nSPS) is 10.3. The smallest absolute Gasteiger partial charge is 0.0364 e. The van der Waals surface area contributed by atoms with Crippen molar-refractivity contribution in [1.82, 2.24) is 11.0 Å². The Hall–Kier alpha value is -1.68. The minimum Gasteiger partial charge on any atom is -0.258 e. The largest absolute Gasteiger partial charge is 0.258 e. The number of benzene rings is 2. The number of hydrogen-bond donors (Lipinski definition) is 3. The Balaban J connectivity index is 2.13. The van der Waals surface area contributed by atoms with Crippen LogP contribution in [0.25, 0.3) is 11.1 Å². The predicted molar refractivity (Wildman–Crippen MR) is 66.0 cm³/mol. The zero-order valence-electron chi connectivity index (χ0n) is 8.98. The molecule has 0 atom stereocenters. The molecule has 2 rings (SSSR count). The monoisotopic (exact) mass is 213 g/mol. The van der Waals surface area contributed by atoms with Gasteiger partial charge in [-0.1, -0.05) is 54.6 Å². The lowest BCUT2D eigenvalue weighted by molar-refractivity contribution is 0.553. The van der Waals surface area contributed by atoms with Gasteiger partial charge >= 0.3 is 0 Å². The van der Waals surface area contributed by atoms with E-state index in [0.29, 0.717) is 6.54 Å². The summed E-state index contributed by atoms with van der Waals surface area (Å²) in [5, 5.41) is 0. The third-order valence-corrected chi connectivity index (χ3v) is 2.46. The van der Waals surface area contributed by atoms with E-state index >= 15 is 0 Å². The van der Waals surface area contributed by atoms with E-state index in [9.17, 15) is 0 Å². The van der Waals surface area contributed by atoms with E-state index in [1.165, 1.54) is 16.7 Å². The number of hydrazine groups is 2. The third-order valence-electron chi connectivity index (χ3n) is 2.46. The van der Waals surface area contributed by atoms with Gasteiger partial charge in [-0.15, -0.1) is 0 Å². The molecule has 0 bridgehead atoms. The van der Waals surface area contributed by atoms with E-state index in [-0.39, 0.29) is 0 Å². The van der Waals surface area contributed by atoms with Crippen LogP contribution in [0.2, 0.25) is 0 Å². The molecule has 2 aromatic rings. The summed E-state index contributed by atoms with van der Waals surface area (Å²) in [4.78, 5) is 0. The van der Waals surface area contributed by atoms with Crippen LogP contribution in [-0.2, 0) is 6.54 Å². The van der Waals surface area contributed by atoms with Gasteiger partial charge in [0.25, 0.3) is 0 Å². The third kappa shape index (κ3) is 2.67. The molecule has 0 aliphatic heterocycles. The maximum atomic E-state index is 5.14. The molecule has 0 unspecified atom stereocenters. The van der Waals surface area contributed by atoms with Crippen LogP contribution in [0.5, 0.6) is 0 Å². The molecule has 0 saturated carbocycles. The van der Waals surface area contributed by atoms with Crippen molar-refractivity contribution in [2.75, 3.05) is 0 Å². The first-order valence-corrected chi connectivity index (χ1v) is 5.23. The number of nitrogens with one attached hydrogen (secondary N) is 2. The fraction of sp³-hybridized carbons (Fsp3) is 0.0769. The molecular formula is C13H15N3. The maximum absolute atomic E-state index is 5.14. The van der Waals surface area contributed by atoms with Crippen LogP contribution in [0.1, 0.15) is 5.56 Å². The fourth-order valence-corrected chi connectivity index (χ4v) is 1.60. The van der Waals surface area contributed by atoms with Crippen molar-refractivity contribution in [3.05, 3.63) is 60.2 Å². The van der Waals surface area contributed by atoms with Gasteiger partial charge in [0.2, 0.25) is 0 Å². The lowest BCUT2D eigenvalue weighted by atomic mass is 10.0. The second kappa shape index (κ2) is 5.42. The molecule has 0 spiro atoms. The summed E-state index contributed by atoms with van der Waals surface area (Å²) >= 11 is 0. The van der Waals surface area contributed by atoms with Gasteiger partial charge in [-0.05, 0) is 16.7 Å². The summed E-state index contributed by atoms with van der Waals surface area (Å²) in [7, 11) is 0. The van der Waals surface area contributed by atoms with E-state index < -0.39 is 0 Å². The molecule has 3 nitrogen and oxygen atoms in total. The van der Waals surface area contributed by atoms with Crippen LogP contribution in [0.15, 0.2) is 54.6 Å². The van der Waals surface area contributed by atoms with Crippen LogP contribution in [0.4, 0.5) is 0 Å². The van der Waals surface area contributed by atoms with Crippen molar-refractivity contribution >= 4 is 0 Å². The van der Waals surface area contributed by atoms with Gasteiger partial charge in [0.05, 0.1) is 0 Å². The topological polar surface area (TPSA) is 50.1 Å². The van der Waals surface area contributed by atoms with Crippen LogP contribution in [0, 0.1) is 0 Å². The van der Waals surface area contributed by atoms with Crippen molar-refractivity contribution in [2.24, 2.45) is 5.84 Å². The minimum atomic E-state index is 0.714.